The van der Waals surface area contributed by atoms with Gasteiger partial charge in [-0.1, -0.05) is 6.07 Å². The summed E-state index contributed by atoms with van der Waals surface area (Å²) in [7, 11) is 1.61. The summed E-state index contributed by atoms with van der Waals surface area (Å²) in [6, 6.07) is 6.98. The van der Waals surface area contributed by atoms with Gasteiger partial charge in [0.25, 0.3) is 0 Å². The molecule has 0 unspecified atom stereocenters. The van der Waals surface area contributed by atoms with Crippen molar-refractivity contribution in [3.8, 4) is 0 Å². The fraction of sp³-hybridized carbons (Fsp3) is 0.462. The number of carbonyl (C=O) groups excluding carboxylic acids is 1. The van der Waals surface area contributed by atoms with Gasteiger partial charge in [0.2, 0.25) is 5.91 Å². The molecule has 6 nitrogen and oxygen atoms in total. The van der Waals surface area contributed by atoms with Gasteiger partial charge in [0.15, 0.2) is 0 Å². The molecule has 0 saturated carbocycles. The molecule has 0 fully saturated rings. The number of rotatable bonds is 9. The molecule has 0 atom stereocenters. The number of carbonyl (C=O) groups is 1. The number of benzene rings is 1. The Bertz CT molecular complexity index is 385. The van der Waals surface area contributed by atoms with E-state index < -0.39 is 0 Å². The van der Waals surface area contributed by atoms with Crippen LogP contribution in [0.4, 0.5) is 11.4 Å². The van der Waals surface area contributed by atoms with Crippen molar-refractivity contribution in [1.29, 1.82) is 0 Å². The first-order valence-corrected chi connectivity index (χ1v) is 6.02. The monoisotopic (exact) mass is 268 g/mol. The van der Waals surface area contributed by atoms with Gasteiger partial charge >= 0.3 is 0 Å². The van der Waals surface area contributed by atoms with Gasteiger partial charge in [0.05, 0.1) is 26.4 Å². The molecule has 0 aliphatic rings. The zero-order chi connectivity index (χ0) is 13.9. The van der Waals surface area contributed by atoms with Crippen LogP contribution in [0.25, 0.3) is 0 Å². The van der Waals surface area contributed by atoms with Crippen LogP contribution in [0.1, 0.15) is 0 Å². The predicted octanol–water partition coefficient (Wildman–Crippen LogP) is 0.887. The summed E-state index contributed by atoms with van der Waals surface area (Å²) in [6.07, 6.45) is 0. The summed E-state index contributed by atoms with van der Waals surface area (Å²) >= 11 is 0. The van der Waals surface area contributed by atoms with E-state index in [-0.39, 0.29) is 12.5 Å². The van der Waals surface area contributed by atoms with Crippen LogP contribution in [0, 0.1) is 0 Å². The molecule has 0 spiro atoms. The number of anilines is 2. The Kier molecular flexibility index (Phi) is 7.57. The van der Waals surface area contributed by atoms with Gasteiger partial charge in [-0.3, -0.25) is 4.79 Å². The van der Waals surface area contributed by atoms with Crippen molar-refractivity contribution in [3.05, 3.63) is 24.3 Å². The number of methoxy groups -OCH3 is 1. The van der Waals surface area contributed by atoms with Crippen LogP contribution in [0.3, 0.4) is 0 Å². The number of amides is 1. The largest absolute Gasteiger partial charge is 0.399 e. The highest BCUT2D eigenvalue weighted by atomic mass is 16.5. The van der Waals surface area contributed by atoms with E-state index in [4.69, 9.17) is 19.9 Å². The average molecular weight is 268 g/mol. The molecule has 19 heavy (non-hydrogen) atoms. The Morgan fingerprint density at radius 3 is 2.68 bits per heavy atom. The Morgan fingerprint density at radius 1 is 1.21 bits per heavy atom. The highest BCUT2D eigenvalue weighted by Gasteiger charge is 2.02. The molecule has 0 aliphatic heterocycles. The van der Waals surface area contributed by atoms with E-state index in [2.05, 4.69) is 5.32 Å². The van der Waals surface area contributed by atoms with Crippen LogP contribution < -0.4 is 11.1 Å². The van der Waals surface area contributed by atoms with Crippen molar-refractivity contribution >= 4 is 17.3 Å². The number of nitrogen functional groups attached to an aromatic ring is 1. The Labute approximate surface area is 112 Å². The second-order valence-corrected chi connectivity index (χ2v) is 3.83. The maximum Gasteiger partial charge on any atom is 0.250 e. The van der Waals surface area contributed by atoms with E-state index in [1.54, 1.807) is 31.4 Å². The van der Waals surface area contributed by atoms with Crippen LogP contribution in [0.15, 0.2) is 24.3 Å². The highest BCUT2D eigenvalue weighted by molar-refractivity contribution is 5.92. The van der Waals surface area contributed by atoms with Gasteiger partial charge in [0.1, 0.15) is 6.61 Å². The number of nitrogens with one attached hydrogen (secondary N) is 1. The SMILES string of the molecule is COCCOCCOCC(=O)Nc1cccc(N)c1. The molecule has 0 heterocycles. The summed E-state index contributed by atoms with van der Waals surface area (Å²) in [5.74, 6) is -0.220. The third-order valence-electron chi connectivity index (χ3n) is 2.21. The summed E-state index contributed by atoms with van der Waals surface area (Å²) < 4.78 is 15.2. The molecule has 3 N–H and O–H groups in total. The predicted molar refractivity (Wildman–Crippen MR) is 73.0 cm³/mol. The van der Waals surface area contributed by atoms with Crippen LogP contribution >= 0.6 is 0 Å². The molecule has 0 bridgehead atoms. The molecule has 0 aliphatic carbocycles. The molecule has 1 rings (SSSR count). The molecular weight excluding hydrogens is 248 g/mol. The Hall–Kier alpha value is -1.63. The first kappa shape index (κ1) is 15.4. The lowest BCUT2D eigenvalue weighted by Crippen LogP contribution is -2.20. The Morgan fingerprint density at radius 2 is 1.95 bits per heavy atom. The minimum absolute atomic E-state index is 0.0115. The van der Waals surface area contributed by atoms with E-state index >= 15 is 0 Å². The van der Waals surface area contributed by atoms with Crippen molar-refractivity contribution in [3.63, 3.8) is 0 Å². The van der Waals surface area contributed by atoms with Crippen molar-refractivity contribution < 1.29 is 19.0 Å². The minimum atomic E-state index is -0.220. The quantitative estimate of drug-likeness (QED) is 0.513. The fourth-order valence-electron chi connectivity index (χ4n) is 1.34. The third kappa shape index (κ3) is 7.40. The summed E-state index contributed by atoms with van der Waals surface area (Å²) in [5.41, 5.74) is 6.86. The number of nitrogens with two attached hydrogens (primary N) is 1. The van der Waals surface area contributed by atoms with Crippen LogP contribution in [0.5, 0.6) is 0 Å². The molecular formula is C13H20N2O4. The van der Waals surface area contributed by atoms with Crippen LogP contribution in [0.2, 0.25) is 0 Å². The average Bonchev–Trinajstić information content (AvgIpc) is 2.37. The molecule has 1 aromatic carbocycles. The smallest absolute Gasteiger partial charge is 0.250 e. The summed E-state index contributed by atoms with van der Waals surface area (Å²) in [5, 5.41) is 2.69. The maximum absolute atomic E-state index is 11.5. The molecule has 0 saturated heterocycles. The first-order chi connectivity index (χ1) is 9.22. The second-order valence-electron chi connectivity index (χ2n) is 3.83. The topological polar surface area (TPSA) is 82.8 Å². The van der Waals surface area contributed by atoms with E-state index in [0.717, 1.165) is 0 Å². The van der Waals surface area contributed by atoms with Crippen molar-refractivity contribution in [2.75, 3.05) is 51.2 Å². The summed E-state index contributed by atoms with van der Waals surface area (Å²) in [4.78, 5) is 11.5. The highest BCUT2D eigenvalue weighted by Crippen LogP contribution is 2.11. The summed E-state index contributed by atoms with van der Waals surface area (Å²) in [6.45, 7) is 1.87. The first-order valence-electron chi connectivity index (χ1n) is 6.02. The van der Waals surface area contributed by atoms with E-state index in [1.807, 2.05) is 0 Å². The molecule has 1 amide bonds. The van der Waals surface area contributed by atoms with Gasteiger partial charge in [-0.25, -0.2) is 0 Å². The van der Waals surface area contributed by atoms with E-state index in [9.17, 15) is 4.79 Å². The van der Waals surface area contributed by atoms with Crippen LogP contribution in [-0.2, 0) is 19.0 Å². The lowest BCUT2D eigenvalue weighted by Gasteiger charge is -2.07. The van der Waals surface area contributed by atoms with E-state index in [1.165, 1.54) is 0 Å². The lowest BCUT2D eigenvalue weighted by atomic mass is 10.3. The van der Waals surface area contributed by atoms with Gasteiger partial charge in [-0.2, -0.15) is 0 Å². The van der Waals surface area contributed by atoms with Crippen molar-refractivity contribution in [2.45, 2.75) is 0 Å². The normalized spacial score (nSPS) is 10.4. The van der Waals surface area contributed by atoms with Crippen molar-refractivity contribution in [1.82, 2.24) is 0 Å². The third-order valence-corrected chi connectivity index (χ3v) is 2.21. The lowest BCUT2D eigenvalue weighted by molar-refractivity contribution is -0.121. The fourth-order valence-corrected chi connectivity index (χ4v) is 1.34. The molecule has 106 valence electrons. The van der Waals surface area contributed by atoms with Gasteiger partial charge < -0.3 is 25.3 Å². The van der Waals surface area contributed by atoms with Crippen molar-refractivity contribution in [2.24, 2.45) is 0 Å². The molecule has 0 aromatic heterocycles. The van der Waals surface area contributed by atoms with Gasteiger partial charge in [0, 0.05) is 18.5 Å². The molecule has 0 radical (unpaired) electrons. The number of hydrogen-bond acceptors (Lipinski definition) is 5. The maximum atomic E-state index is 11.5. The second kappa shape index (κ2) is 9.32. The Balaban J connectivity index is 2.08. The minimum Gasteiger partial charge on any atom is -0.399 e. The van der Waals surface area contributed by atoms with Crippen LogP contribution in [-0.4, -0.2) is 46.1 Å². The molecule has 1 aromatic rings. The molecule has 6 heteroatoms. The van der Waals surface area contributed by atoms with Gasteiger partial charge in [-0.15, -0.1) is 0 Å². The number of ether oxygens (including phenoxy) is 3. The standard InChI is InChI=1S/C13H20N2O4/c1-17-5-6-18-7-8-19-10-13(16)15-12-4-2-3-11(14)9-12/h2-4,9H,5-8,10,14H2,1H3,(H,15,16). The number of hydrogen-bond donors (Lipinski definition) is 2. The zero-order valence-electron chi connectivity index (χ0n) is 11.1. The zero-order valence-corrected chi connectivity index (χ0v) is 11.1. The van der Waals surface area contributed by atoms with Gasteiger partial charge in [-0.05, 0) is 18.2 Å². The van der Waals surface area contributed by atoms with E-state index in [0.29, 0.717) is 37.8 Å².